The first-order chi connectivity index (χ1) is 9.25. The number of rotatable bonds is 5. The SMILES string of the molecule is C[C@@H]1CCCN(CCCNC(=O)c2ccncc2)C1. The van der Waals surface area contributed by atoms with Crippen LogP contribution in [0.25, 0.3) is 0 Å². The Morgan fingerprint density at radius 1 is 1.47 bits per heavy atom. The lowest BCUT2D eigenvalue weighted by molar-refractivity contribution is 0.0950. The maximum Gasteiger partial charge on any atom is 0.251 e. The summed E-state index contributed by atoms with van der Waals surface area (Å²) in [6.45, 7) is 6.56. The van der Waals surface area contributed by atoms with Crippen LogP contribution in [0.5, 0.6) is 0 Å². The lowest BCUT2D eigenvalue weighted by atomic mass is 10.0. The molecule has 1 amide bonds. The highest BCUT2D eigenvalue weighted by Gasteiger charge is 2.15. The molecule has 4 heteroatoms. The molecule has 2 heterocycles. The second-order valence-corrected chi connectivity index (χ2v) is 5.39. The Kier molecular flexibility index (Phi) is 5.33. The van der Waals surface area contributed by atoms with Crippen molar-refractivity contribution < 1.29 is 4.79 Å². The zero-order chi connectivity index (χ0) is 13.5. The van der Waals surface area contributed by atoms with E-state index >= 15 is 0 Å². The van der Waals surface area contributed by atoms with Crippen LogP contribution < -0.4 is 5.32 Å². The number of aromatic nitrogens is 1. The third-order valence-corrected chi connectivity index (χ3v) is 3.62. The van der Waals surface area contributed by atoms with Gasteiger partial charge in [-0.25, -0.2) is 0 Å². The second-order valence-electron chi connectivity index (χ2n) is 5.39. The number of piperidine rings is 1. The van der Waals surface area contributed by atoms with E-state index in [1.165, 1.54) is 25.9 Å². The number of carbonyl (C=O) groups is 1. The molecule has 19 heavy (non-hydrogen) atoms. The standard InChI is InChI=1S/C15H23N3O/c1-13-4-2-10-18(12-13)11-3-7-17-15(19)14-5-8-16-9-6-14/h5-6,8-9,13H,2-4,7,10-12H2,1H3,(H,17,19)/t13-/m1/s1. The fourth-order valence-electron chi connectivity index (χ4n) is 2.60. The molecule has 0 aromatic carbocycles. The van der Waals surface area contributed by atoms with E-state index in [1.807, 2.05) is 0 Å². The molecular weight excluding hydrogens is 238 g/mol. The van der Waals surface area contributed by atoms with Crippen molar-refractivity contribution >= 4 is 5.91 Å². The van der Waals surface area contributed by atoms with E-state index < -0.39 is 0 Å². The average molecular weight is 261 g/mol. The second kappa shape index (κ2) is 7.24. The lowest BCUT2D eigenvalue weighted by Crippen LogP contribution is -2.36. The van der Waals surface area contributed by atoms with Gasteiger partial charge in [-0.1, -0.05) is 6.92 Å². The number of hydrogen-bond acceptors (Lipinski definition) is 3. The Morgan fingerprint density at radius 2 is 2.26 bits per heavy atom. The predicted octanol–water partition coefficient (Wildman–Crippen LogP) is 1.93. The van der Waals surface area contributed by atoms with Gasteiger partial charge < -0.3 is 10.2 Å². The number of amides is 1. The largest absolute Gasteiger partial charge is 0.352 e. The summed E-state index contributed by atoms with van der Waals surface area (Å²) >= 11 is 0. The van der Waals surface area contributed by atoms with Crippen molar-refractivity contribution in [2.45, 2.75) is 26.2 Å². The number of nitrogens with one attached hydrogen (secondary N) is 1. The van der Waals surface area contributed by atoms with Gasteiger partial charge in [0.2, 0.25) is 0 Å². The minimum Gasteiger partial charge on any atom is -0.352 e. The van der Waals surface area contributed by atoms with Gasteiger partial charge in [0.1, 0.15) is 0 Å². The van der Waals surface area contributed by atoms with E-state index in [4.69, 9.17) is 0 Å². The summed E-state index contributed by atoms with van der Waals surface area (Å²) in [5.41, 5.74) is 0.682. The zero-order valence-corrected chi connectivity index (χ0v) is 11.6. The molecule has 104 valence electrons. The summed E-state index contributed by atoms with van der Waals surface area (Å²) in [4.78, 5) is 18.2. The summed E-state index contributed by atoms with van der Waals surface area (Å²) < 4.78 is 0. The molecule has 2 rings (SSSR count). The van der Waals surface area contributed by atoms with Gasteiger partial charge in [0.15, 0.2) is 0 Å². The number of pyridine rings is 1. The Labute approximate surface area is 115 Å². The Bertz CT molecular complexity index is 394. The smallest absolute Gasteiger partial charge is 0.251 e. The first-order valence-corrected chi connectivity index (χ1v) is 7.16. The van der Waals surface area contributed by atoms with Gasteiger partial charge in [0.05, 0.1) is 0 Å². The van der Waals surface area contributed by atoms with Crippen LogP contribution in [-0.2, 0) is 0 Å². The van der Waals surface area contributed by atoms with Crippen molar-refractivity contribution in [2.75, 3.05) is 26.2 Å². The maximum atomic E-state index is 11.8. The van der Waals surface area contributed by atoms with Crippen molar-refractivity contribution in [3.05, 3.63) is 30.1 Å². The van der Waals surface area contributed by atoms with Gasteiger partial charge in [-0.3, -0.25) is 9.78 Å². The topological polar surface area (TPSA) is 45.2 Å². The number of likely N-dealkylation sites (tertiary alicyclic amines) is 1. The number of hydrogen-bond donors (Lipinski definition) is 1. The Hall–Kier alpha value is -1.42. The van der Waals surface area contributed by atoms with Crippen LogP contribution in [0.15, 0.2) is 24.5 Å². The molecule has 0 saturated carbocycles. The molecule has 0 unspecified atom stereocenters. The van der Waals surface area contributed by atoms with E-state index in [0.717, 1.165) is 25.4 Å². The molecule has 0 aliphatic carbocycles. The molecule has 1 aliphatic rings. The number of carbonyl (C=O) groups excluding carboxylic acids is 1. The monoisotopic (exact) mass is 261 g/mol. The first kappa shape index (κ1) is 14.0. The summed E-state index contributed by atoms with van der Waals surface area (Å²) in [6, 6.07) is 3.48. The highest BCUT2D eigenvalue weighted by atomic mass is 16.1. The third-order valence-electron chi connectivity index (χ3n) is 3.62. The van der Waals surface area contributed by atoms with Crippen LogP contribution in [0.1, 0.15) is 36.5 Å². The molecule has 0 spiro atoms. The molecule has 4 nitrogen and oxygen atoms in total. The molecule has 1 fully saturated rings. The van der Waals surface area contributed by atoms with Crippen LogP contribution in [0.4, 0.5) is 0 Å². The maximum absolute atomic E-state index is 11.8. The molecule has 1 aromatic heterocycles. The van der Waals surface area contributed by atoms with Gasteiger partial charge >= 0.3 is 0 Å². The highest BCUT2D eigenvalue weighted by Crippen LogP contribution is 2.15. The lowest BCUT2D eigenvalue weighted by Gasteiger charge is -2.30. The van der Waals surface area contributed by atoms with E-state index in [2.05, 4.69) is 22.1 Å². The predicted molar refractivity (Wildman–Crippen MR) is 76.0 cm³/mol. The Balaban J connectivity index is 1.63. The van der Waals surface area contributed by atoms with Gasteiger partial charge in [-0.15, -0.1) is 0 Å². The van der Waals surface area contributed by atoms with E-state index in [9.17, 15) is 4.79 Å². The quantitative estimate of drug-likeness (QED) is 0.824. The summed E-state index contributed by atoms with van der Waals surface area (Å²) in [7, 11) is 0. The normalized spacial score (nSPS) is 20.2. The third kappa shape index (κ3) is 4.63. The van der Waals surface area contributed by atoms with Gasteiger partial charge in [0.25, 0.3) is 5.91 Å². The van der Waals surface area contributed by atoms with Crippen molar-refractivity contribution in [3.8, 4) is 0 Å². The number of nitrogens with zero attached hydrogens (tertiary/aromatic N) is 2. The molecule has 0 radical (unpaired) electrons. The highest BCUT2D eigenvalue weighted by molar-refractivity contribution is 5.93. The molecule has 1 saturated heterocycles. The van der Waals surface area contributed by atoms with E-state index in [0.29, 0.717) is 5.56 Å². The molecule has 0 bridgehead atoms. The van der Waals surface area contributed by atoms with E-state index in [1.54, 1.807) is 24.5 Å². The summed E-state index contributed by atoms with van der Waals surface area (Å²) in [5, 5.41) is 2.96. The fourth-order valence-corrected chi connectivity index (χ4v) is 2.60. The minimum atomic E-state index is -0.00517. The molecule has 1 aliphatic heterocycles. The molecule has 1 N–H and O–H groups in total. The fraction of sp³-hybridized carbons (Fsp3) is 0.600. The van der Waals surface area contributed by atoms with Crippen LogP contribution in [0.2, 0.25) is 0 Å². The molecular formula is C15H23N3O. The van der Waals surface area contributed by atoms with Crippen molar-refractivity contribution in [1.29, 1.82) is 0 Å². The minimum absolute atomic E-state index is 0.00517. The van der Waals surface area contributed by atoms with Crippen LogP contribution in [-0.4, -0.2) is 42.0 Å². The van der Waals surface area contributed by atoms with Crippen LogP contribution in [0.3, 0.4) is 0 Å². The van der Waals surface area contributed by atoms with Crippen molar-refractivity contribution in [2.24, 2.45) is 5.92 Å². The Morgan fingerprint density at radius 3 is 3.00 bits per heavy atom. The molecule has 1 atom stereocenters. The first-order valence-electron chi connectivity index (χ1n) is 7.16. The van der Waals surface area contributed by atoms with Gasteiger partial charge in [-0.05, 0) is 50.4 Å². The van der Waals surface area contributed by atoms with Crippen LogP contribution >= 0.6 is 0 Å². The molecule has 1 aromatic rings. The van der Waals surface area contributed by atoms with Crippen LogP contribution in [0, 0.1) is 5.92 Å². The zero-order valence-electron chi connectivity index (χ0n) is 11.6. The van der Waals surface area contributed by atoms with E-state index in [-0.39, 0.29) is 5.91 Å². The summed E-state index contributed by atoms with van der Waals surface area (Å²) in [5.74, 6) is 0.814. The van der Waals surface area contributed by atoms with Crippen molar-refractivity contribution in [3.63, 3.8) is 0 Å². The van der Waals surface area contributed by atoms with Gasteiger partial charge in [-0.2, -0.15) is 0 Å². The summed E-state index contributed by atoms with van der Waals surface area (Å²) in [6.07, 6.45) is 6.97. The van der Waals surface area contributed by atoms with Crippen molar-refractivity contribution in [1.82, 2.24) is 15.2 Å². The van der Waals surface area contributed by atoms with Gasteiger partial charge in [0, 0.05) is 31.0 Å². The average Bonchev–Trinajstić information content (AvgIpc) is 2.44.